The lowest BCUT2D eigenvalue weighted by Gasteiger charge is -2.39. The van der Waals surface area contributed by atoms with E-state index in [1.807, 2.05) is 30.3 Å². The van der Waals surface area contributed by atoms with Gasteiger partial charge in [-0.25, -0.2) is 4.79 Å². The summed E-state index contributed by atoms with van der Waals surface area (Å²) < 4.78 is 5.28. The van der Waals surface area contributed by atoms with Crippen molar-refractivity contribution in [1.82, 2.24) is 10.2 Å². The van der Waals surface area contributed by atoms with Crippen LogP contribution in [0, 0.1) is 0 Å². The van der Waals surface area contributed by atoms with Gasteiger partial charge in [-0.15, -0.1) is 0 Å². The third kappa shape index (κ3) is 3.68. The first-order valence-corrected chi connectivity index (χ1v) is 7.77. The number of β-lactam (4-membered cyclic amide) rings is 1. The van der Waals surface area contributed by atoms with Crippen molar-refractivity contribution in [3.63, 3.8) is 0 Å². The minimum Gasteiger partial charge on any atom is -0.456 e. The van der Waals surface area contributed by atoms with Gasteiger partial charge in [0.25, 0.3) is 5.91 Å². The smallest absolute Gasteiger partial charge is 0.355 e. The lowest BCUT2D eigenvalue weighted by molar-refractivity contribution is -0.145. The summed E-state index contributed by atoms with van der Waals surface area (Å²) in [7, 11) is 0. The highest BCUT2D eigenvalue weighted by atomic mass is 32.1. The topological polar surface area (TPSA) is 75.7 Å². The fourth-order valence-electron chi connectivity index (χ4n) is 2.26. The van der Waals surface area contributed by atoms with E-state index in [-0.39, 0.29) is 23.2 Å². The molecule has 24 heavy (non-hydrogen) atoms. The predicted molar refractivity (Wildman–Crippen MR) is 91.7 cm³/mol. The van der Waals surface area contributed by atoms with Gasteiger partial charge in [-0.1, -0.05) is 42.5 Å². The number of carbonyl (C=O) groups is 3. The van der Waals surface area contributed by atoms with Crippen LogP contribution in [-0.4, -0.2) is 33.7 Å². The number of carbonyl (C=O) groups excluding carboxylic acids is 3. The molecule has 7 heteroatoms. The summed E-state index contributed by atoms with van der Waals surface area (Å²) >= 11 is 5.16. The second-order valence-corrected chi connectivity index (χ2v) is 5.97. The molecule has 0 aliphatic carbocycles. The van der Waals surface area contributed by atoms with Gasteiger partial charge in [-0.05, 0) is 25.0 Å². The molecule has 1 heterocycles. The second kappa shape index (κ2) is 7.35. The van der Waals surface area contributed by atoms with Crippen molar-refractivity contribution in [2.75, 3.05) is 0 Å². The van der Waals surface area contributed by atoms with Crippen LogP contribution in [0.4, 0.5) is 0 Å². The van der Waals surface area contributed by atoms with E-state index in [0.29, 0.717) is 5.57 Å². The summed E-state index contributed by atoms with van der Waals surface area (Å²) in [6.45, 7) is 4.79. The van der Waals surface area contributed by atoms with E-state index in [2.05, 4.69) is 5.32 Å². The number of amides is 2. The normalized spacial score (nSPS) is 16.3. The summed E-state index contributed by atoms with van der Waals surface area (Å²) in [4.78, 5) is 37.0. The van der Waals surface area contributed by atoms with Gasteiger partial charge in [0, 0.05) is 6.92 Å². The van der Waals surface area contributed by atoms with Gasteiger partial charge < -0.3 is 10.1 Å². The van der Waals surface area contributed by atoms with Crippen molar-refractivity contribution in [3.05, 3.63) is 47.2 Å². The molecule has 126 valence electrons. The molecule has 0 bridgehead atoms. The maximum atomic E-state index is 12.4. The molecular weight excluding hydrogens is 328 g/mol. The van der Waals surface area contributed by atoms with Crippen LogP contribution >= 0.6 is 12.2 Å². The number of benzene rings is 1. The minimum absolute atomic E-state index is 0.0976. The van der Waals surface area contributed by atoms with Crippen LogP contribution in [0.3, 0.4) is 0 Å². The zero-order valence-electron chi connectivity index (χ0n) is 13.7. The summed E-state index contributed by atoms with van der Waals surface area (Å²) in [6.07, 6.45) is 0. The Bertz CT molecular complexity index is 707. The third-order valence-corrected chi connectivity index (χ3v) is 3.80. The summed E-state index contributed by atoms with van der Waals surface area (Å²) in [5.41, 5.74) is 1.54. The monoisotopic (exact) mass is 346 g/mol. The van der Waals surface area contributed by atoms with E-state index < -0.39 is 17.9 Å². The lowest BCUT2D eigenvalue weighted by Crippen LogP contribution is -2.67. The number of ether oxygens (including phenoxy) is 1. The minimum atomic E-state index is -0.867. The zero-order chi connectivity index (χ0) is 17.9. The largest absolute Gasteiger partial charge is 0.456 e. The molecule has 6 nitrogen and oxygen atoms in total. The average molecular weight is 346 g/mol. The van der Waals surface area contributed by atoms with Crippen molar-refractivity contribution in [2.45, 2.75) is 33.4 Å². The van der Waals surface area contributed by atoms with Crippen LogP contribution in [0.15, 0.2) is 41.6 Å². The number of thiocarbonyl (C=S) groups is 1. The number of esters is 1. The highest BCUT2D eigenvalue weighted by molar-refractivity contribution is 7.80. The first kappa shape index (κ1) is 17.8. The molecule has 1 atom stereocenters. The van der Waals surface area contributed by atoms with E-state index in [9.17, 15) is 14.4 Å². The number of allylic oxidation sites excluding steroid dienone is 1. The zero-order valence-corrected chi connectivity index (χ0v) is 14.5. The molecule has 2 rings (SSSR count). The number of hydrogen-bond donors (Lipinski definition) is 1. The van der Waals surface area contributed by atoms with Gasteiger partial charge in [-0.2, -0.15) is 0 Å². The molecule has 1 aliphatic rings. The molecular formula is C17H18N2O4S. The van der Waals surface area contributed by atoms with Crippen molar-refractivity contribution >= 4 is 35.0 Å². The number of likely N-dealkylation sites (tertiary alicyclic amines) is 1. The van der Waals surface area contributed by atoms with E-state index >= 15 is 0 Å². The molecule has 0 saturated carbocycles. The molecule has 1 aromatic carbocycles. The summed E-state index contributed by atoms with van der Waals surface area (Å²) in [5, 5.41) is 2.45. The predicted octanol–water partition coefficient (Wildman–Crippen LogP) is 1.70. The molecule has 1 fully saturated rings. The fourth-order valence-corrected chi connectivity index (χ4v) is 2.60. The molecule has 0 spiro atoms. The Morgan fingerprint density at radius 1 is 1.21 bits per heavy atom. The average Bonchev–Trinajstić information content (AvgIpc) is 2.55. The van der Waals surface area contributed by atoms with E-state index in [1.165, 1.54) is 6.92 Å². The van der Waals surface area contributed by atoms with E-state index in [0.717, 1.165) is 10.5 Å². The number of nitrogens with one attached hydrogen (secondary N) is 1. The van der Waals surface area contributed by atoms with Crippen molar-refractivity contribution in [2.24, 2.45) is 0 Å². The lowest BCUT2D eigenvalue weighted by atomic mass is 10.0. The van der Waals surface area contributed by atoms with Crippen LogP contribution in [0.25, 0.3) is 0 Å². The molecule has 1 saturated heterocycles. The first-order chi connectivity index (χ1) is 11.3. The van der Waals surface area contributed by atoms with Gasteiger partial charge >= 0.3 is 5.97 Å². The second-order valence-electron chi connectivity index (χ2n) is 5.56. The van der Waals surface area contributed by atoms with Crippen LogP contribution in [0.2, 0.25) is 0 Å². The fraction of sp³-hybridized carbons (Fsp3) is 0.294. The molecule has 0 aromatic heterocycles. The molecule has 1 aromatic rings. The van der Waals surface area contributed by atoms with Crippen LogP contribution < -0.4 is 5.32 Å². The molecule has 0 radical (unpaired) electrons. The molecule has 1 N–H and O–H groups in total. The maximum Gasteiger partial charge on any atom is 0.355 e. The Morgan fingerprint density at radius 3 is 2.33 bits per heavy atom. The van der Waals surface area contributed by atoms with Crippen LogP contribution in [-0.2, 0) is 25.7 Å². The number of hydrogen-bond acceptors (Lipinski definition) is 5. The number of rotatable bonds is 5. The molecule has 1 aliphatic heterocycles. The standard InChI is InChI=1S/C17H18N2O4S/c1-10(2)14(17(22)23-9-12-7-5-4-6-8-12)19-15(21)13(16(19)24)18-11(3)20/h4-8,13H,9H2,1-3H3,(H,18,20). The first-order valence-electron chi connectivity index (χ1n) is 7.36. The number of nitrogens with zero attached hydrogens (tertiary/aromatic N) is 1. The Kier molecular flexibility index (Phi) is 5.46. The van der Waals surface area contributed by atoms with Gasteiger partial charge in [0.15, 0.2) is 6.04 Å². The summed E-state index contributed by atoms with van der Waals surface area (Å²) in [5.74, 6) is -1.43. The van der Waals surface area contributed by atoms with Crippen LogP contribution in [0.1, 0.15) is 26.3 Å². The Morgan fingerprint density at radius 2 is 1.83 bits per heavy atom. The van der Waals surface area contributed by atoms with Gasteiger partial charge in [-0.3, -0.25) is 14.5 Å². The Balaban J connectivity index is 2.09. The van der Waals surface area contributed by atoms with Crippen molar-refractivity contribution in [1.29, 1.82) is 0 Å². The third-order valence-electron chi connectivity index (χ3n) is 3.39. The quantitative estimate of drug-likeness (QED) is 0.380. The maximum absolute atomic E-state index is 12.4. The Hall–Kier alpha value is -2.54. The molecule has 2 amide bonds. The van der Waals surface area contributed by atoms with E-state index in [4.69, 9.17) is 17.0 Å². The molecule has 1 unspecified atom stereocenters. The van der Waals surface area contributed by atoms with Gasteiger partial charge in [0.05, 0.1) is 0 Å². The highest BCUT2D eigenvalue weighted by Gasteiger charge is 2.47. The van der Waals surface area contributed by atoms with Crippen LogP contribution in [0.5, 0.6) is 0 Å². The van der Waals surface area contributed by atoms with Crippen molar-refractivity contribution in [3.8, 4) is 0 Å². The summed E-state index contributed by atoms with van der Waals surface area (Å²) in [6, 6.07) is 8.36. The van der Waals surface area contributed by atoms with E-state index in [1.54, 1.807) is 13.8 Å². The van der Waals surface area contributed by atoms with Crippen molar-refractivity contribution < 1.29 is 19.1 Å². The highest BCUT2D eigenvalue weighted by Crippen LogP contribution is 2.24. The SMILES string of the molecule is CC(=O)NC1C(=O)N(C(C(=O)OCc2ccccc2)=C(C)C)C1=S. The Labute approximate surface area is 145 Å². The van der Waals surface area contributed by atoms with Gasteiger partial charge in [0.2, 0.25) is 5.91 Å². The van der Waals surface area contributed by atoms with Gasteiger partial charge in [0.1, 0.15) is 17.3 Å².